The lowest BCUT2D eigenvalue weighted by Gasteiger charge is -2.37. The lowest BCUT2D eigenvalue weighted by molar-refractivity contribution is 0.00578. The monoisotopic (exact) mass is 529 g/mol. The van der Waals surface area contributed by atoms with Gasteiger partial charge in [-0.3, -0.25) is 0 Å². The summed E-state index contributed by atoms with van der Waals surface area (Å²) in [6.07, 6.45) is -0.0699. The Morgan fingerprint density at radius 2 is 1.39 bits per heavy atom. The van der Waals surface area contributed by atoms with Crippen LogP contribution in [0.5, 0.6) is 0 Å². The number of piperazine rings is 1. The maximum Gasteiger partial charge on any atom is 0.494 e. The molecule has 2 aromatic carbocycles. The maximum atomic E-state index is 15.1. The summed E-state index contributed by atoms with van der Waals surface area (Å²) in [7, 11) is -0.431. The molecule has 0 aliphatic carbocycles. The summed E-state index contributed by atoms with van der Waals surface area (Å²) in [4.78, 5) is 3.95. The van der Waals surface area contributed by atoms with Crippen molar-refractivity contribution in [2.75, 3.05) is 42.6 Å². The van der Waals surface area contributed by atoms with Crippen molar-refractivity contribution in [1.29, 1.82) is 0 Å². The summed E-state index contributed by atoms with van der Waals surface area (Å²) in [5, 5.41) is 16.2. The number of aliphatic hydroxyl groups excluding tert-OH is 1. The molecule has 0 spiro atoms. The molecular weight excluding hydrogens is 498 g/mol. The minimum atomic E-state index is -1.21. The van der Waals surface area contributed by atoms with E-state index in [9.17, 15) is 8.78 Å². The summed E-state index contributed by atoms with van der Waals surface area (Å²) in [6.45, 7) is 9.93. The first-order chi connectivity index (χ1) is 18.0. The largest absolute Gasteiger partial charge is 0.494 e. The summed E-state index contributed by atoms with van der Waals surface area (Å²) in [5.41, 5.74) is 0.761. The van der Waals surface area contributed by atoms with Crippen molar-refractivity contribution in [3.63, 3.8) is 0 Å². The third-order valence-electron chi connectivity index (χ3n) is 7.70. The zero-order valence-electron chi connectivity index (χ0n) is 21.9. The van der Waals surface area contributed by atoms with Gasteiger partial charge in [0.05, 0.1) is 16.9 Å². The first kappa shape index (κ1) is 26.5. The second-order valence-electron chi connectivity index (χ2n) is 10.6. The molecule has 8 nitrogen and oxygen atoms in total. The molecule has 202 valence electrons. The highest BCUT2D eigenvalue weighted by Gasteiger charge is 2.51. The van der Waals surface area contributed by atoms with Gasteiger partial charge in [0, 0.05) is 44.9 Å². The summed E-state index contributed by atoms with van der Waals surface area (Å²) >= 11 is 0. The van der Waals surface area contributed by atoms with Gasteiger partial charge in [-0.15, -0.1) is 5.10 Å². The Morgan fingerprint density at radius 1 is 0.842 bits per heavy atom. The van der Waals surface area contributed by atoms with Crippen LogP contribution in [0.25, 0.3) is 5.69 Å². The number of aliphatic hydroxyl groups is 1. The average Bonchev–Trinajstić information content (AvgIpc) is 3.35. The standard InChI is InChI=1S/C26H31BF3N5O3/c1-25(2)26(3,4)38-27(37-25)17-5-7-18(8-6-17)33-12-14-34(15-13-33)20-9-10-21(23(29)22(20)28)35-24(30)19(11-16-36)31-32-35/h5-10,36H,11-16H2,1-4H3. The van der Waals surface area contributed by atoms with E-state index in [2.05, 4.69) is 15.2 Å². The van der Waals surface area contributed by atoms with E-state index >= 15 is 4.39 Å². The molecule has 2 fully saturated rings. The zero-order chi connectivity index (χ0) is 27.2. The normalized spacial score (nSPS) is 18.9. The minimum Gasteiger partial charge on any atom is -0.399 e. The smallest absolute Gasteiger partial charge is 0.399 e. The van der Waals surface area contributed by atoms with Crippen LogP contribution in [0.3, 0.4) is 0 Å². The fourth-order valence-corrected chi connectivity index (χ4v) is 4.68. The van der Waals surface area contributed by atoms with E-state index in [-0.39, 0.29) is 30.1 Å². The Kier molecular flexibility index (Phi) is 6.91. The predicted octanol–water partition coefficient (Wildman–Crippen LogP) is 2.85. The number of hydrogen-bond donors (Lipinski definition) is 1. The third kappa shape index (κ3) is 4.65. The van der Waals surface area contributed by atoms with Gasteiger partial charge < -0.3 is 24.2 Å². The number of halogens is 3. The van der Waals surface area contributed by atoms with E-state index in [0.717, 1.165) is 11.2 Å². The van der Waals surface area contributed by atoms with Crippen molar-refractivity contribution in [3.05, 3.63) is 59.7 Å². The molecule has 2 aliphatic heterocycles. The SMILES string of the molecule is CC1(C)OB(c2ccc(N3CCN(c4ccc(-n5nnc(CCO)c5F)c(F)c4F)CC3)cc2)OC1(C)C. The minimum absolute atomic E-state index is 0.0699. The molecule has 0 radical (unpaired) electrons. The first-order valence-electron chi connectivity index (χ1n) is 12.7. The molecule has 2 aliphatic rings. The van der Waals surface area contributed by atoms with Crippen molar-refractivity contribution in [2.45, 2.75) is 45.3 Å². The van der Waals surface area contributed by atoms with Gasteiger partial charge in [0.15, 0.2) is 11.6 Å². The number of hydrogen-bond acceptors (Lipinski definition) is 7. The quantitative estimate of drug-likeness (QED) is 0.493. The number of anilines is 2. The fourth-order valence-electron chi connectivity index (χ4n) is 4.68. The average molecular weight is 529 g/mol. The Hall–Kier alpha value is -3.09. The van der Waals surface area contributed by atoms with Gasteiger partial charge in [-0.2, -0.15) is 9.07 Å². The highest BCUT2D eigenvalue weighted by atomic mass is 19.2. The molecule has 0 unspecified atom stereocenters. The number of nitrogens with zero attached hydrogens (tertiary/aromatic N) is 5. The Bertz CT molecular complexity index is 1290. The summed E-state index contributed by atoms with van der Waals surface area (Å²) in [5.74, 6) is -3.20. The fraction of sp³-hybridized carbons (Fsp3) is 0.462. The van der Waals surface area contributed by atoms with Crippen LogP contribution in [-0.2, 0) is 15.7 Å². The van der Waals surface area contributed by atoms with Crippen molar-refractivity contribution in [3.8, 4) is 5.69 Å². The lowest BCUT2D eigenvalue weighted by Crippen LogP contribution is -2.47. The molecular formula is C26H31BF3N5O3. The lowest BCUT2D eigenvalue weighted by atomic mass is 9.79. The number of aromatic nitrogens is 3. The molecule has 38 heavy (non-hydrogen) atoms. The number of benzene rings is 2. The Morgan fingerprint density at radius 3 is 2.00 bits per heavy atom. The van der Waals surface area contributed by atoms with Crippen molar-refractivity contribution < 1.29 is 27.6 Å². The molecule has 2 saturated heterocycles. The molecule has 12 heteroatoms. The van der Waals surface area contributed by atoms with E-state index in [1.54, 1.807) is 4.90 Å². The number of rotatable bonds is 6. The molecule has 0 bridgehead atoms. The highest BCUT2D eigenvalue weighted by molar-refractivity contribution is 6.62. The molecule has 0 saturated carbocycles. The predicted molar refractivity (Wildman–Crippen MR) is 139 cm³/mol. The molecule has 0 amide bonds. The van der Waals surface area contributed by atoms with Gasteiger partial charge in [0.2, 0.25) is 5.95 Å². The van der Waals surface area contributed by atoms with Gasteiger partial charge in [-0.25, -0.2) is 8.78 Å². The van der Waals surface area contributed by atoms with Crippen molar-refractivity contribution in [2.24, 2.45) is 0 Å². The van der Waals surface area contributed by atoms with E-state index in [4.69, 9.17) is 14.4 Å². The van der Waals surface area contributed by atoms with Crippen LogP contribution in [0.1, 0.15) is 33.4 Å². The van der Waals surface area contributed by atoms with Crippen LogP contribution in [0.15, 0.2) is 36.4 Å². The Labute approximate surface area is 220 Å². The molecule has 5 rings (SSSR count). The van der Waals surface area contributed by atoms with Crippen LogP contribution in [0.4, 0.5) is 24.5 Å². The van der Waals surface area contributed by atoms with Gasteiger partial charge in [-0.1, -0.05) is 17.3 Å². The van der Waals surface area contributed by atoms with E-state index in [1.165, 1.54) is 12.1 Å². The van der Waals surface area contributed by atoms with Crippen LogP contribution in [0, 0.1) is 17.6 Å². The van der Waals surface area contributed by atoms with Crippen LogP contribution in [-0.4, -0.2) is 71.2 Å². The first-order valence-corrected chi connectivity index (χ1v) is 12.7. The van der Waals surface area contributed by atoms with Gasteiger partial charge in [0.1, 0.15) is 11.4 Å². The van der Waals surface area contributed by atoms with Crippen molar-refractivity contribution >= 4 is 24.0 Å². The zero-order valence-corrected chi connectivity index (χ0v) is 21.9. The van der Waals surface area contributed by atoms with Crippen LogP contribution >= 0.6 is 0 Å². The molecule has 1 aromatic heterocycles. The second-order valence-corrected chi connectivity index (χ2v) is 10.6. The summed E-state index contributed by atoms with van der Waals surface area (Å²) in [6, 6.07) is 10.7. The topological polar surface area (TPSA) is 75.9 Å². The third-order valence-corrected chi connectivity index (χ3v) is 7.70. The maximum absolute atomic E-state index is 15.1. The van der Waals surface area contributed by atoms with E-state index in [1.807, 2.05) is 52.0 Å². The van der Waals surface area contributed by atoms with Gasteiger partial charge >= 0.3 is 7.12 Å². The van der Waals surface area contributed by atoms with Gasteiger partial charge in [0.25, 0.3) is 0 Å². The molecule has 3 heterocycles. The van der Waals surface area contributed by atoms with E-state index < -0.39 is 35.9 Å². The molecule has 1 N–H and O–H groups in total. The highest BCUT2D eigenvalue weighted by Crippen LogP contribution is 2.36. The Balaban J connectivity index is 1.25. The second kappa shape index (κ2) is 9.90. The van der Waals surface area contributed by atoms with E-state index in [0.29, 0.717) is 30.9 Å². The summed E-state index contributed by atoms with van der Waals surface area (Å²) < 4.78 is 57.3. The van der Waals surface area contributed by atoms with Crippen molar-refractivity contribution in [1.82, 2.24) is 15.0 Å². The van der Waals surface area contributed by atoms with Crippen LogP contribution in [0.2, 0.25) is 0 Å². The molecule has 3 aromatic rings. The van der Waals surface area contributed by atoms with Crippen LogP contribution < -0.4 is 15.3 Å². The molecule has 0 atom stereocenters. The van der Waals surface area contributed by atoms with Gasteiger partial charge in [-0.05, 0) is 57.4 Å².